The molecule has 1 aliphatic rings. The summed E-state index contributed by atoms with van der Waals surface area (Å²) in [7, 11) is 0. The minimum atomic E-state index is -1.95. The summed E-state index contributed by atoms with van der Waals surface area (Å²) in [6.45, 7) is 0.791. The van der Waals surface area contributed by atoms with Gasteiger partial charge in [-0.3, -0.25) is 4.79 Å². The number of nitrogens with two attached hydrogens (primary N) is 1. The molecule has 1 saturated carbocycles. The minimum Gasteiger partial charge on any atom is -0.479 e. The largest absolute Gasteiger partial charge is 0.479 e. The van der Waals surface area contributed by atoms with Gasteiger partial charge in [-0.25, -0.2) is 4.79 Å². The molecule has 0 aromatic heterocycles. The summed E-state index contributed by atoms with van der Waals surface area (Å²) in [5.41, 5.74) is 2.90. The summed E-state index contributed by atoms with van der Waals surface area (Å²) in [6.07, 6.45) is 2.11. The van der Waals surface area contributed by atoms with E-state index in [1.807, 2.05) is 0 Å². The normalized spacial score (nSPS) is 22.3. The predicted octanol–water partition coefficient (Wildman–Crippen LogP) is -1.18. The highest BCUT2D eigenvalue weighted by Crippen LogP contribution is 2.29. The maximum absolute atomic E-state index is 11.5. The van der Waals surface area contributed by atoms with Gasteiger partial charge in [0.15, 0.2) is 5.60 Å². The van der Waals surface area contributed by atoms with Gasteiger partial charge >= 0.3 is 5.97 Å². The van der Waals surface area contributed by atoms with Crippen molar-refractivity contribution in [2.75, 3.05) is 6.54 Å². The van der Waals surface area contributed by atoms with Crippen LogP contribution in [0.5, 0.6) is 0 Å². The number of aliphatic carboxylic acids is 1. The van der Waals surface area contributed by atoms with Crippen molar-refractivity contribution in [1.29, 1.82) is 0 Å². The summed E-state index contributed by atoms with van der Waals surface area (Å²) in [5.74, 6) is -1.77. The summed E-state index contributed by atoms with van der Waals surface area (Å²) in [5, 5.41) is 20.3. The second-order valence-corrected chi connectivity index (χ2v) is 4.27. The van der Waals surface area contributed by atoms with Gasteiger partial charge in [0.25, 0.3) is 0 Å². The molecule has 5 N–H and O–H groups in total. The molecule has 0 heterocycles. The lowest BCUT2D eigenvalue weighted by atomic mass is 9.77. The van der Waals surface area contributed by atoms with E-state index in [0.717, 1.165) is 13.3 Å². The van der Waals surface area contributed by atoms with E-state index in [9.17, 15) is 14.7 Å². The lowest BCUT2D eigenvalue weighted by molar-refractivity contribution is -0.156. The Labute approximate surface area is 87.5 Å². The summed E-state index contributed by atoms with van der Waals surface area (Å²) in [6, 6.07) is 0. The number of carbonyl (C=O) groups is 2. The Hall–Kier alpha value is -1.14. The molecule has 1 aliphatic carbocycles. The van der Waals surface area contributed by atoms with Crippen LogP contribution in [0.2, 0.25) is 0 Å². The van der Waals surface area contributed by atoms with Crippen molar-refractivity contribution in [2.45, 2.75) is 37.3 Å². The van der Waals surface area contributed by atoms with Crippen LogP contribution in [-0.4, -0.2) is 39.8 Å². The topological polar surface area (TPSA) is 113 Å². The predicted molar refractivity (Wildman–Crippen MR) is 52.0 cm³/mol. The van der Waals surface area contributed by atoms with E-state index < -0.39 is 23.0 Å². The Morgan fingerprint density at radius 2 is 2.07 bits per heavy atom. The highest BCUT2D eigenvalue weighted by molar-refractivity contribution is 5.88. The lowest BCUT2D eigenvalue weighted by Gasteiger charge is -2.36. The molecule has 6 nitrogen and oxygen atoms in total. The first-order chi connectivity index (χ1) is 6.78. The van der Waals surface area contributed by atoms with Crippen LogP contribution in [0.4, 0.5) is 0 Å². The van der Waals surface area contributed by atoms with E-state index >= 15 is 0 Å². The van der Waals surface area contributed by atoms with Gasteiger partial charge in [0.05, 0.1) is 12.1 Å². The van der Waals surface area contributed by atoms with Crippen LogP contribution >= 0.6 is 0 Å². The smallest absolute Gasteiger partial charge is 0.337 e. The van der Waals surface area contributed by atoms with Crippen molar-refractivity contribution < 1.29 is 19.8 Å². The Bertz CT molecular complexity index is 284. The number of nitrogens with one attached hydrogen (secondary N) is 1. The second-order valence-electron chi connectivity index (χ2n) is 4.27. The molecule has 6 heteroatoms. The highest BCUT2D eigenvalue weighted by Gasteiger charge is 2.41. The van der Waals surface area contributed by atoms with Gasteiger partial charge in [-0.2, -0.15) is 0 Å². The number of carbonyl (C=O) groups excluding carboxylic acids is 1. The zero-order valence-corrected chi connectivity index (χ0v) is 8.62. The number of rotatable bonds is 4. The van der Waals surface area contributed by atoms with E-state index in [2.05, 4.69) is 5.32 Å². The third-order valence-electron chi connectivity index (χ3n) is 2.75. The van der Waals surface area contributed by atoms with Gasteiger partial charge in [0.1, 0.15) is 0 Å². The monoisotopic (exact) mass is 216 g/mol. The Balaban J connectivity index is 2.43. The first kappa shape index (κ1) is 11.9. The number of aliphatic hydroxyl groups is 1. The van der Waals surface area contributed by atoms with Gasteiger partial charge in [0, 0.05) is 0 Å². The van der Waals surface area contributed by atoms with E-state index in [4.69, 9.17) is 10.8 Å². The van der Waals surface area contributed by atoms with E-state index in [0.29, 0.717) is 12.8 Å². The van der Waals surface area contributed by atoms with Crippen molar-refractivity contribution in [3.63, 3.8) is 0 Å². The third-order valence-corrected chi connectivity index (χ3v) is 2.75. The molecular weight excluding hydrogens is 200 g/mol. The number of hydrogen-bond donors (Lipinski definition) is 4. The standard InChI is InChI=1S/C9H16N2O4/c1-8(15,7(13)14)5-11-6(12)9(10)3-2-4-9/h15H,2-5,10H2,1H3,(H,11,12)(H,13,14). The van der Waals surface area contributed by atoms with Crippen LogP contribution in [0.1, 0.15) is 26.2 Å². The first-order valence-electron chi connectivity index (χ1n) is 4.81. The average Bonchev–Trinajstić information content (AvgIpc) is 2.10. The van der Waals surface area contributed by atoms with Crippen LogP contribution in [0, 0.1) is 0 Å². The van der Waals surface area contributed by atoms with Crippen molar-refractivity contribution in [2.24, 2.45) is 5.73 Å². The highest BCUT2D eigenvalue weighted by atomic mass is 16.4. The Kier molecular flexibility index (Phi) is 3.01. The molecule has 0 spiro atoms. The molecule has 1 unspecified atom stereocenters. The fourth-order valence-electron chi connectivity index (χ4n) is 1.29. The van der Waals surface area contributed by atoms with Crippen LogP contribution in [-0.2, 0) is 9.59 Å². The Morgan fingerprint density at radius 3 is 2.40 bits per heavy atom. The zero-order chi connectivity index (χ0) is 11.7. The molecule has 0 radical (unpaired) electrons. The maximum atomic E-state index is 11.5. The zero-order valence-electron chi connectivity index (χ0n) is 8.62. The molecule has 1 amide bonds. The SMILES string of the molecule is CC(O)(CNC(=O)C1(N)CCC1)C(=O)O. The Morgan fingerprint density at radius 1 is 1.53 bits per heavy atom. The number of carboxylic acid groups (broad SMARTS) is 1. The number of amides is 1. The van der Waals surface area contributed by atoms with Crippen LogP contribution in [0.3, 0.4) is 0 Å². The molecule has 0 aromatic rings. The van der Waals surface area contributed by atoms with Gasteiger partial charge in [-0.15, -0.1) is 0 Å². The van der Waals surface area contributed by atoms with Gasteiger partial charge in [-0.1, -0.05) is 0 Å². The number of hydrogen-bond acceptors (Lipinski definition) is 4. The van der Waals surface area contributed by atoms with Crippen molar-refractivity contribution in [1.82, 2.24) is 5.32 Å². The molecule has 1 fully saturated rings. The summed E-state index contributed by atoms with van der Waals surface area (Å²) in [4.78, 5) is 22.0. The molecule has 0 bridgehead atoms. The van der Waals surface area contributed by atoms with E-state index in [1.165, 1.54) is 0 Å². The minimum absolute atomic E-state index is 0.333. The van der Waals surface area contributed by atoms with Crippen molar-refractivity contribution >= 4 is 11.9 Å². The van der Waals surface area contributed by atoms with Crippen LogP contribution in [0.15, 0.2) is 0 Å². The van der Waals surface area contributed by atoms with Gasteiger partial charge in [0.2, 0.25) is 5.91 Å². The molecule has 86 valence electrons. The summed E-state index contributed by atoms with van der Waals surface area (Å²) < 4.78 is 0. The lowest BCUT2D eigenvalue weighted by Crippen LogP contribution is -2.60. The quantitative estimate of drug-likeness (QED) is 0.472. The van der Waals surface area contributed by atoms with Crippen LogP contribution < -0.4 is 11.1 Å². The van der Waals surface area contributed by atoms with Crippen LogP contribution in [0.25, 0.3) is 0 Å². The first-order valence-corrected chi connectivity index (χ1v) is 4.81. The van der Waals surface area contributed by atoms with Crippen molar-refractivity contribution in [3.05, 3.63) is 0 Å². The maximum Gasteiger partial charge on any atom is 0.337 e. The fourth-order valence-corrected chi connectivity index (χ4v) is 1.29. The molecule has 1 rings (SSSR count). The van der Waals surface area contributed by atoms with E-state index in [-0.39, 0.29) is 6.54 Å². The fraction of sp³-hybridized carbons (Fsp3) is 0.778. The molecule has 0 aliphatic heterocycles. The van der Waals surface area contributed by atoms with Gasteiger partial charge < -0.3 is 21.3 Å². The molecular formula is C9H16N2O4. The number of carboxylic acids is 1. The third kappa shape index (κ3) is 2.45. The average molecular weight is 216 g/mol. The molecule has 15 heavy (non-hydrogen) atoms. The second kappa shape index (κ2) is 3.79. The van der Waals surface area contributed by atoms with Gasteiger partial charge in [-0.05, 0) is 26.2 Å². The summed E-state index contributed by atoms with van der Waals surface area (Å²) >= 11 is 0. The molecule has 0 saturated heterocycles. The van der Waals surface area contributed by atoms with E-state index in [1.54, 1.807) is 0 Å². The molecule has 1 atom stereocenters. The molecule has 0 aromatic carbocycles. The van der Waals surface area contributed by atoms with Crippen molar-refractivity contribution in [3.8, 4) is 0 Å².